The van der Waals surface area contributed by atoms with Crippen LogP contribution in [0.1, 0.15) is 78.3 Å². The highest BCUT2D eigenvalue weighted by Gasteiger charge is 2.26. The highest BCUT2D eigenvalue weighted by atomic mass is 32.2. The van der Waals surface area contributed by atoms with Crippen LogP contribution in [0.4, 0.5) is 26.4 Å². The van der Waals surface area contributed by atoms with E-state index in [2.05, 4.69) is 25.3 Å². The number of anilines is 3. The minimum absolute atomic E-state index is 0.000323. The van der Waals surface area contributed by atoms with Crippen LogP contribution in [0.2, 0.25) is 0 Å². The van der Waals surface area contributed by atoms with Crippen LogP contribution in [-0.4, -0.2) is 116 Å². The molecule has 2 saturated heterocycles. The van der Waals surface area contributed by atoms with E-state index in [1.165, 1.54) is 50.7 Å². The van der Waals surface area contributed by atoms with Gasteiger partial charge in [0.25, 0.3) is 0 Å². The zero-order valence-corrected chi connectivity index (χ0v) is 34.9. The first kappa shape index (κ1) is 46.5. The first-order valence-corrected chi connectivity index (χ1v) is 20.3. The number of likely N-dealkylation sites (tertiary alicyclic amines) is 2. The molecule has 17 nitrogen and oxygen atoms in total. The first-order chi connectivity index (χ1) is 28.6. The van der Waals surface area contributed by atoms with Crippen LogP contribution in [0.25, 0.3) is 0 Å². The number of piperidine rings is 2. The average molecular weight is 853 g/mol. The predicted octanol–water partition coefficient (Wildman–Crippen LogP) is 3.38. The third-order valence-electron chi connectivity index (χ3n) is 9.67. The van der Waals surface area contributed by atoms with E-state index in [-0.39, 0.29) is 74.3 Å². The highest BCUT2D eigenvalue weighted by molar-refractivity contribution is 7.84. The van der Waals surface area contributed by atoms with Crippen molar-refractivity contribution in [1.82, 2.24) is 29.7 Å². The molecule has 2 amide bonds. The number of carbonyl (C=O) groups is 4. The number of halogens is 2. The van der Waals surface area contributed by atoms with Crippen molar-refractivity contribution in [2.24, 2.45) is 5.73 Å². The van der Waals surface area contributed by atoms with Crippen molar-refractivity contribution in [3.8, 4) is 11.5 Å². The van der Waals surface area contributed by atoms with Gasteiger partial charge in [0.15, 0.2) is 0 Å². The lowest BCUT2D eigenvalue weighted by atomic mass is 10.0. The number of benzene rings is 2. The van der Waals surface area contributed by atoms with Crippen molar-refractivity contribution in [2.45, 2.75) is 63.7 Å². The molecule has 2 aromatic heterocycles. The van der Waals surface area contributed by atoms with Gasteiger partial charge in [-0.3, -0.25) is 23.4 Å². The van der Waals surface area contributed by atoms with Crippen LogP contribution < -0.4 is 32.0 Å². The fraction of sp³-hybridized carbons (Fsp3) is 0.400. The molecule has 2 aliphatic heterocycles. The van der Waals surface area contributed by atoms with Gasteiger partial charge in [0.1, 0.15) is 45.9 Å². The van der Waals surface area contributed by atoms with E-state index in [0.29, 0.717) is 24.9 Å². The standard InChI is InChI=1S/C19H22FN5O3.C14H14FN3O3S.C7H14N2O/c1-11(26)25-8-6-12(7-9-25)23-19-22-10-13(18(21)24-19)17(27)16-14(20)4-3-5-15(16)28-2;1-3-22(20)14-17-7-8(13(16)18-14)12(19)11-9(15)5-4-6-10(11)21-2;1-6(10)9-4-2-7(8)3-5-9/h3-5,10,12H,6-9H2,1-2H3,(H3,21,22,23,24);4-7H,3H2,1-2H3,(H2,16,17,18);7H,2-5,8H2,1H3. The maximum absolute atomic E-state index is 14.2. The van der Waals surface area contributed by atoms with Gasteiger partial charge >= 0.3 is 0 Å². The van der Waals surface area contributed by atoms with Crippen LogP contribution in [0, 0.1) is 11.6 Å². The lowest BCUT2D eigenvalue weighted by molar-refractivity contribution is -0.130. The van der Waals surface area contributed by atoms with Crippen LogP contribution in [0.5, 0.6) is 11.5 Å². The monoisotopic (exact) mass is 852 g/mol. The summed E-state index contributed by atoms with van der Waals surface area (Å²) in [5, 5.41) is 3.21. The molecular weight excluding hydrogens is 803 g/mol. The Morgan fingerprint density at radius 1 is 0.767 bits per heavy atom. The molecule has 7 N–H and O–H groups in total. The number of hydrogen-bond acceptors (Lipinski definition) is 15. The number of aromatic nitrogens is 4. The van der Waals surface area contributed by atoms with Gasteiger partial charge < -0.3 is 41.8 Å². The molecule has 4 heterocycles. The van der Waals surface area contributed by atoms with Gasteiger partial charge in [-0.1, -0.05) is 19.1 Å². The Kier molecular flexibility index (Phi) is 16.9. The molecule has 0 saturated carbocycles. The van der Waals surface area contributed by atoms with Gasteiger partial charge in [-0.2, -0.15) is 4.98 Å². The first-order valence-electron chi connectivity index (χ1n) is 19.0. The number of nitrogens with one attached hydrogen (secondary N) is 1. The molecule has 0 bridgehead atoms. The van der Waals surface area contributed by atoms with Crippen molar-refractivity contribution in [3.63, 3.8) is 0 Å². The Morgan fingerprint density at radius 2 is 1.22 bits per heavy atom. The van der Waals surface area contributed by atoms with Gasteiger partial charge in [-0.25, -0.2) is 23.7 Å². The topological polar surface area (TPSA) is 252 Å². The van der Waals surface area contributed by atoms with Crippen LogP contribution in [0.3, 0.4) is 0 Å². The second-order valence-electron chi connectivity index (χ2n) is 13.6. The number of carbonyl (C=O) groups excluding carboxylic acids is 4. The fourth-order valence-corrected chi connectivity index (χ4v) is 6.85. The largest absolute Gasteiger partial charge is 0.496 e. The highest BCUT2D eigenvalue weighted by Crippen LogP contribution is 2.28. The van der Waals surface area contributed by atoms with Crippen molar-refractivity contribution in [3.05, 3.63) is 82.7 Å². The molecule has 6 rings (SSSR count). The SMILES string of the molecule is CC(=O)N1CCC(N)CC1.CCS(=O)c1ncc(C(=O)c2c(F)cccc2OC)c(N)n1.COc1cccc(F)c1C(=O)c1cnc(NC2CCN(C(C)=O)CC2)nc1N. The summed E-state index contributed by atoms with van der Waals surface area (Å²) in [6.07, 6.45) is 5.87. The molecule has 20 heteroatoms. The average Bonchev–Trinajstić information content (AvgIpc) is 3.23. The Hall–Kier alpha value is -6.15. The molecule has 2 aliphatic rings. The van der Waals surface area contributed by atoms with Gasteiger partial charge in [0.05, 0.1) is 36.1 Å². The molecule has 4 aromatic rings. The third kappa shape index (κ3) is 12.0. The number of nitrogens with two attached hydrogens (primary N) is 3. The molecule has 1 atom stereocenters. The maximum Gasteiger partial charge on any atom is 0.224 e. The summed E-state index contributed by atoms with van der Waals surface area (Å²) in [7, 11) is 1.30. The lowest BCUT2D eigenvalue weighted by Gasteiger charge is -2.31. The van der Waals surface area contributed by atoms with Crippen molar-refractivity contribution in [2.75, 3.05) is 62.9 Å². The number of amides is 2. The predicted molar refractivity (Wildman–Crippen MR) is 221 cm³/mol. The van der Waals surface area contributed by atoms with E-state index in [1.807, 2.05) is 4.90 Å². The van der Waals surface area contributed by atoms with Crippen LogP contribution in [0.15, 0.2) is 53.9 Å². The Morgan fingerprint density at radius 3 is 1.63 bits per heavy atom. The second kappa shape index (κ2) is 21.7. The molecule has 322 valence electrons. The Balaban J connectivity index is 0.000000220. The summed E-state index contributed by atoms with van der Waals surface area (Å²) in [6, 6.07) is 8.58. The number of methoxy groups -OCH3 is 2. The number of ether oxygens (including phenoxy) is 2. The molecular formula is C40H50F2N10O7S. The Labute approximate surface area is 348 Å². The van der Waals surface area contributed by atoms with Gasteiger partial charge in [-0.15, -0.1) is 0 Å². The minimum atomic E-state index is -1.39. The van der Waals surface area contributed by atoms with Gasteiger partial charge in [0.2, 0.25) is 34.5 Å². The van der Waals surface area contributed by atoms with E-state index in [0.717, 1.165) is 51.0 Å². The van der Waals surface area contributed by atoms with E-state index in [4.69, 9.17) is 26.7 Å². The quantitative estimate of drug-likeness (QED) is 0.132. The van der Waals surface area contributed by atoms with Crippen molar-refractivity contribution in [1.29, 1.82) is 0 Å². The van der Waals surface area contributed by atoms with E-state index in [9.17, 15) is 32.2 Å². The van der Waals surface area contributed by atoms with E-state index >= 15 is 0 Å². The Bertz CT molecular complexity index is 2200. The fourth-order valence-electron chi connectivity index (χ4n) is 6.23. The van der Waals surface area contributed by atoms with Gasteiger partial charge in [-0.05, 0) is 49.9 Å². The summed E-state index contributed by atoms with van der Waals surface area (Å²) < 4.78 is 49.8. The number of nitrogen functional groups attached to an aromatic ring is 2. The molecule has 60 heavy (non-hydrogen) atoms. The molecule has 2 aromatic carbocycles. The molecule has 2 fully saturated rings. The molecule has 0 radical (unpaired) electrons. The third-order valence-corrected chi connectivity index (χ3v) is 10.8. The molecule has 0 spiro atoms. The molecule has 1 unspecified atom stereocenters. The van der Waals surface area contributed by atoms with Crippen molar-refractivity contribution >= 4 is 51.8 Å². The number of nitrogens with zero attached hydrogens (tertiary/aromatic N) is 6. The summed E-state index contributed by atoms with van der Waals surface area (Å²) in [5.41, 5.74) is 16.8. The summed E-state index contributed by atoms with van der Waals surface area (Å²) in [4.78, 5) is 67.0. The molecule has 0 aliphatic carbocycles. The normalized spacial score (nSPS) is 14.7. The van der Waals surface area contributed by atoms with E-state index < -0.39 is 34.0 Å². The summed E-state index contributed by atoms with van der Waals surface area (Å²) in [5.74, 6) is -1.92. The smallest absolute Gasteiger partial charge is 0.224 e. The number of rotatable bonds is 10. The lowest BCUT2D eigenvalue weighted by Crippen LogP contribution is -2.41. The maximum atomic E-state index is 14.2. The van der Waals surface area contributed by atoms with Crippen LogP contribution >= 0.6 is 0 Å². The minimum Gasteiger partial charge on any atom is -0.496 e. The van der Waals surface area contributed by atoms with Crippen molar-refractivity contribution < 1.29 is 41.6 Å². The number of hydrogen-bond donors (Lipinski definition) is 4. The van der Waals surface area contributed by atoms with Gasteiger partial charge in [0, 0.05) is 70.3 Å². The van der Waals surface area contributed by atoms with E-state index in [1.54, 1.807) is 25.7 Å². The zero-order chi connectivity index (χ0) is 44.1. The second-order valence-corrected chi connectivity index (χ2v) is 15.3. The summed E-state index contributed by atoms with van der Waals surface area (Å²) in [6.45, 7) is 7.87. The number of ketones is 2. The zero-order valence-electron chi connectivity index (χ0n) is 34.1. The van der Waals surface area contributed by atoms with Crippen LogP contribution in [-0.2, 0) is 20.4 Å². The summed E-state index contributed by atoms with van der Waals surface area (Å²) >= 11 is 0.